The number of anilines is 1. The topological polar surface area (TPSA) is 127 Å². The summed E-state index contributed by atoms with van der Waals surface area (Å²) in [6.07, 6.45) is 8.26. The average Bonchev–Trinajstić information content (AvgIpc) is 3.50. The highest BCUT2D eigenvalue weighted by atomic mass is 32.1. The fraction of sp³-hybridized carbons (Fsp3) is 0.778. The van der Waals surface area contributed by atoms with E-state index in [0.29, 0.717) is 32.0 Å². The van der Waals surface area contributed by atoms with Gasteiger partial charge in [-0.25, -0.2) is 0 Å². The molecule has 4 N–H and O–H groups in total. The minimum atomic E-state index is -0.662. The van der Waals surface area contributed by atoms with Crippen molar-refractivity contribution >= 4 is 34.9 Å². The number of aromatic nitrogens is 1. The van der Waals surface area contributed by atoms with E-state index in [9.17, 15) is 14.4 Å². The Morgan fingerprint density at radius 1 is 1.08 bits per heavy atom. The van der Waals surface area contributed by atoms with Gasteiger partial charge < -0.3 is 26.0 Å². The molecule has 10 heteroatoms. The highest BCUT2D eigenvalue weighted by molar-refractivity contribution is 7.09. The Bertz CT molecular complexity index is 907. The summed E-state index contributed by atoms with van der Waals surface area (Å²) in [7, 11) is 0. The number of carbonyl (C=O) groups is 3. The molecule has 1 saturated carbocycles. The summed E-state index contributed by atoms with van der Waals surface area (Å²) in [6, 6.07) is -0.549. The monoisotopic (exact) mass is 535 g/mol. The summed E-state index contributed by atoms with van der Waals surface area (Å²) in [4.78, 5) is 42.0. The molecule has 0 bridgehead atoms. The third kappa shape index (κ3) is 8.40. The molecule has 9 nitrogen and oxygen atoms in total. The second kappa shape index (κ2) is 14.1. The van der Waals surface area contributed by atoms with Crippen molar-refractivity contribution in [3.63, 3.8) is 0 Å². The molecule has 3 amide bonds. The van der Waals surface area contributed by atoms with Crippen molar-refractivity contribution in [1.29, 1.82) is 0 Å². The Morgan fingerprint density at radius 3 is 2.43 bits per heavy atom. The quantitative estimate of drug-likeness (QED) is 0.372. The van der Waals surface area contributed by atoms with Crippen molar-refractivity contribution in [3.05, 3.63) is 10.6 Å². The second-order valence-corrected chi connectivity index (χ2v) is 12.1. The molecule has 208 valence electrons. The molecule has 0 radical (unpaired) electrons. The van der Waals surface area contributed by atoms with E-state index in [0.717, 1.165) is 56.5 Å². The van der Waals surface area contributed by atoms with Gasteiger partial charge in [-0.05, 0) is 61.9 Å². The Kier molecular flexibility index (Phi) is 11.2. The van der Waals surface area contributed by atoms with Crippen molar-refractivity contribution in [3.8, 4) is 0 Å². The fourth-order valence-electron chi connectivity index (χ4n) is 5.03. The van der Waals surface area contributed by atoms with Crippen molar-refractivity contribution in [2.75, 3.05) is 25.4 Å². The lowest BCUT2D eigenvalue weighted by Gasteiger charge is -2.33. The van der Waals surface area contributed by atoms with E-state index < -0.39 is 6.04 Å². The van der Waals surface area contributed by atoms with Gasteiger partial charge in [0.15, 0.2) is 5.69 Å². The molecule has 0 unspecified atom stereocenters. The highest BCUT2D eigenvalue weighted by Crippen LogP contribution is 2.28. The summed E-state index contributed by atoms with van der Waals surface area (Å²) in [5, 5.41) is 6.07. The number of nitrogen functional groups attached to an aromatic ring is 1. The van der Waals surface area contributed by atoms with Crippen LogP contribution in [0.4, 0.5) is 5.69 Å². The number of hydrogen-bond acceptors (Lipinski definition) is 7. The number of nitrogens with one attached hydrogen (secondary N) is 2. The molecule has 1 aromatic rings. The van der Waals surface area contributed by atoms with E-state index in [1.165, 1.54) is 6.42 Å². The largest absolute Gasteiger partial charge is 0.395 e. The summed E-state index contributed by atoms with van der Waals surface area (Å²) in [6.45, 7) is 9.81. The lowest BCUT2D eigenvalue weighted by atomic mass is 9.95. The maximum atomic E-state index is 13.9. The zero-order chi connectivity index (χ0) is 26.9. The van der Waals surface area contributed by atoms with Gasteiger partial charge in [-0.2, -0.15) is 4.37 Å². The molecule has 1 saturated heterocycles. The van der Waals surface area contributed by atoms with Gasteiger partial charge in [0.1, 0.15) is 10.9 Å². The highest BCUT2D eigenvalue weighted by Gasteiger charge is 2.36. The van der Waals surface area contributed by atoms with Gasteiger partial charge >= 0.3 is 0 Å². The van der Waals surface area contributed by atoms with E-state index in [1.807, 2.05) is 13.8 Å². The Hall–Kier alpha value is -2.20. The molecular weight excluding hydrogens is 490 g/mol. The number of ether oxygens (including phenoxy) is 1. The van der Waals surface area contributed by atoms with Crippen LogP contribution in [0.5, 0.6) is 0 Å². The zero-order valence-corrected chi connectivity index (χ0v) is 23.7. The lowest BCUT2D eigenvalue weighted by Crippen LogP contribution is -2.52. The number of rotatable bonds is 12. The van der Waals surface area contributed by atoms with Crippen LogP contribution < -0.4 is 16.4 Å². The predicted octanol–water partition coefficient (Wildman–Crippen LogP) is 3.99. The van der Waals surface area contributed by atoms with E-state index in [1.54, 1.807) is 4.90 Å². The number of nitrogens with two attached hydrogens (primary N) is 1. The molecular formula is C27H45N5O4S. The van der Waals surface area contributed by atoms with Crippen molar-refractivity contribution in [2.24, 2.45) is 11.8 Å². The smallest absolute Gasteiger partial charge is 0.273 e. The molecule has 2 heterocycles. The van der Waals surface area contributed by atoms with E-state index in [-0.39, 0.29) is 52.0 Å². The van der Waals surface area contributed by atoms with Crippen LogP contribution in [-0.4, -0.2) is 64.9 Å². The van der Waals surface area contributed by atoms with Crippen molar-refractivity contribution < 1.29 is 19.1 Å². The third-order valence-corrected chi connectivity index (χ3v) is 8.01. The first-order chi connectivity index (χ1) is 17.7. The van der Waals surface area contributed by atoms with Crippen LogP contribution in [0.2, 0.25) is 0 Å². The van der Waals surface area contributed by atoms with E-state index in [4.69, 9.17) is 10.5 Å². The minimum absolute atomic E-state index is 0.0872. The number of carbonyl (C=O) groups excluding carboxylic acids is 3. The van der Waals surface area contributed by atoms with Crippen LogP contribution in [0.25, 0.3) is 0 Å². The first-order valence-corrected chi connectivity index (χ1v) is 14.7. The average molecular weight is 536 g/mol. The fourth-order valence-corrected chi connectivity index (χ4v) is 5.78. The Morgan fingerprint density at radius 2 is 1.81 bits per heavy atom. The van der Waals surface area contributed by atoms with Gasteiger partial charge in [-0.3, -0.25) is 14.4 Å². The predicted molar refractivity (Wildman–Crippen MR) is 147 cm³/mol. The summed E-state index contributed by atoms with van der Waals surface area (Å²) < 4.78 is 10.1. The second-order valence-electron chi connectivity index (χ2n) is 11.3. The number of hydrogen-bond donors (Lipinski definition) is 3. The van der Waals surface area contributed by atoms with E-state index >= 15 is 0 Å². The van der Waals surface area contributed by atoms with Crippen LogP contribution in [0.3, 0.4) is 0 Å². The minimum Gasteiger partial charge on any atom is -0.395 e. The zero-order valence-electron chi connectivity index (χ0n) is 22.9. The maximum Gasteiger partial charge on any atom is 0.273 e. The SMILES string of the molecule is CC(C)CCNC(=O)[C@H](CC(C)C)N(C[C@@H]1CCCO1)C(=O)c1snc(C(=O)NC2CCCCC2)c1N. The molecule has 3 rings (SSSR count). The van der Waals surface area contributed by atoms with Crippen LogP contribution in [0, 0.1) is 11.8 Å². The van der Waals surface area contributed by atoms with Crippen LogP contribution >= 0.6 is 11.5 Å². The first kappa shape index (κ1) is 29.4. The normalized spacial score (nSPS) is 19.2. The van der Waals surface area contributed by atoms with Gasteiger partial charge in [0.25, 0.3) is 11.8 Å². The summed E-state index contributed by atoms with van der Waals surface area (Å²) in [5.74, 6) is -0.221. The maximum absolute atomic E-state index is 13.9. The van der Waals surface area contributed by atoms with E-state index in [2.05, 4.69) is 28.9 Å². The number of amides is 3. The molecule has 2 atom stereocenters. The lowest BCUT2D eigenvalue weighted by molar-refractivity contribution is -0.126. The van der Waals surface area contributed by atoms with Gasteiger partial charge in [0.2, 0.25) is 5.91 Å². The molecule has 0 aromatic carbocycles. The standard InChI is InChI=1S/C27H45N5O4S/c1-17(2)12-13-29-25(33)21(15-18(3)4)32(16-20-11-8-14-36-20)27(35)24-22(28)23(31-37-24)26(34)30-19-9-6-5-7-10-19/h17-21H,5-16,28H2,1-4H3,(H,29,33)(H,30,34)/t20-,21-/m0/s1. The Labute approximate surface area is 225 Å². The van der Waals surface area contributed by atoms with Crippen LogP contribution in [0.1, 0.15) is 106 Å². The number of nitrogens with zero attached hydrogens (tertiary/aromatic N) is 2. The first-order valence-electron chi connectivity index (χ1n) is 13.9. The third-order valence-electron chi connectivity index (χ3n) is 7.16. The van der Waals surface area contributed by atoms with Gasteiger partial charge in [-0.15, -0.1) is 0 Å². The molecule has 1 aliphatic heterocycles. The molecule has 1 aliphatic carbocycles. The van der Waals surface area contributed by atoms with Gasteiger partial charge in [0, 0.05) is 25.7 Å². The molecule has 1 aromatic heterocycles. The van der Waals surface area contributed by atoms with Crippen molar-refractivity contribution in [2.45, 2.75) is 104 Å². The van der Waals surface area contributed by atoms with Crippen molar-refractivity contribution in [1.82, 2.24) is 19.9 Å². The Balaban J connectivity index is 1.83. The van der Waals surface area contributed by atoms with Crippen LogP contribution in [-0.2, 0) is 9.53 Å². The van der Waals surface area contributed by atoms with Crippen LogP contribution in [0.15, 0.2) is 0 Å². The molecule has 37 heavy (non-hydrogen) atoms. The molecule has 0 spiro atoms. The van der Waals surface area contributed by atoms with Gasteiger partial charge in [0.05, 0.1) is 11.8 Å². The molecule has 2 fully saturated rings. The van der Waals surface area contributed by atoms with Gasteiger partial charge in [-0.1, -0.05) is 47.0 Å². The summed E-state index contributed by atoms with van der Waals surface area (Å²) in [5.41, 5.74) is 6.54. The summed E-state index contributed by atoms with van der Waals surface area (Å²) >= 11 is 0.931. The molecule has 2 aliphatic rings.